The minimum atomic E-state index is -0.498. The highest BCUT2D eigenvalue weighted by atomic mass is 35.5. The maximum atomic E-state index is 12.0. The molecule has 5 nitrogen and oxygen atoms in total. The van der Waals surface area contributed by atoms with Gasteiger partial charge >= 0.3 is 5.97 Å². The lowest BCUT2D eigenvalue weighted by Gasteiger charge is -2.11. The monoisotopic (exact) mass is 310 g/mol. The first-order valence-electron chi connectivity index (χ1n) is 6.98. The Balaban J connectivity index is 1.98. The summed E-state index contributed by atoms with van der Waals surface area (Å²) in [6, 6.07) is 4.70. The van der Waals surface area contributed by atoms with Gasteiger partial charge in [-0.1, -0.05) is 11.6 Å². The number of carbonyl (C=O) groups excluding carboxylic acids is 2. The first kappa shape index (κ1) is 15.8. The molecule has 2 rings (SSSR count). The van der Waals surface area contributed by atoms with Crippen LogP contribution in [-0.2, 0) is 9.53 Å². The molecule has 0 aliphatic carbocycles. The first-order chi connectivity index (χ1) is 10.1. The summed E-state index contributed by atoms with van der Waals surface area (Å²) in [5, 5.41) is 6.48. The van der Waals surface area contributed by atoms with E-state index in [1.54, 1.807) is 18.2 Å². The van der Waals surface area contributed by atoms with Gasteiger partial charge in [0.05, 0.1) is 18.4 Å². The van der Waals surface area contributed by atoms with Gasteiger partial charge in [-0.2, -0.15) is 0 Å². The zero-order valence-corrected chi connectivity index (χ0v) is 12.7. The largest absolute Gasteiger partial charge is 0.465 e. The standard InChI is InChI=1S/C15H19ClN2O3/c1-21-15(20)12-4-3-11(16)8-13(12)18-14(19)5-2-10-6-7-17-9-10/h3-4,8,10,17H,2,5-7,9H2,1H3,(H,18,19). The van der Waals surface area contributed by atoms with E-state index in [1.165, 1.54) is 7.11 Å². The van der Waals surface area contributed by atoms with Crippen LogP contribution in [0.4, 0.5) is 5.69 Å². The molecule has 1 aliphatic heterocycles. The van der Waals surface area contributed by atoms with Crippen LogP contribution >= 0.6 is 11.6 Å². The van der Waals surface area contributed by atoms with Crippen LogP contribution < -0.4 is 10.6 Å². The summed E-state index contributed by atoms with van der Waals surface area (Å²) in [4.78, 5) is 23.7. The Hall–Kier alpha value is -1.59. The van der Waals surface area contributed by atoms with Crippen LogP contribution in [0.3, 0.4) is 0 Å². The van der Waals surface area contributed by atoms with Crippen LogP contribution in [0.15, 0.2) is 18.2 Å². The number of amides is 1. The smallest absolute Gasteiger partial charge is 0.339 e. The Morgan fingerprint density at radius 3 is 2.95 bits per heavy atom. The molecule has 0 spiro atoms. The van der Waals surface area contributed by atoms with Crippen molar-refractivity contribution < 1.29 is 14.3 Å². The van der Waals surface area contributed by atoms with E-state index in [-0.39, 0.29) is 5.91 Å². The third-order valence-corrected chi connectivity index (χ3v) is 3.84. The average Bonchev–Trinajstić information content (AvgIpc) is 2.98. The van der Waals surface area contributed by atoms with Gasteiger partial charge in [-0.05, 0) is 50.0 Å². The normalized spacial score (nSPS) is 17.5. The molecule has 1 amide bonds. The Bertz CT molecular complexity index is 528. The van der Waals surface area contributed by atoms with Gasteiger partial charge in [-0.25, -0.2) is 4.79 Å². The van der Waals surface area contributed by atoms with Crippen molar-refractivity contribution in [2.75, 3.05) is 25.5 Å². The molecule has 1 saturated heterocycles. The number of benzene rings is 1. The average molecular weight is 311 g/mol. The third-order valence-electron chi connectivity index (χ3n) is 3.60. The summed E-state index contributed by atoms with van der Waals surface area (Å²) < 4.78 is 4.70. The summed E-state index contributed by atoms with van der Waals surface area (Å²) in [6.45, 7) is 1.99. The molecule has 1 fully saturated rings. The number of hydrogen-bond donors (Lipinski definition) is 2. The molecule has 1 unspecified atom stereocenters. The van der Waals surface area contributed by atoms with Gasteiger partial charge in [-0.3, -0.25) is 4.79 Å². The number of methoxy groups -OCH3 is 1. The maximum absolute atomic E-state index is 12.0. The van der Waals surface area contributed by atoms with Gasteiger partial charge in [0, 0.05) is 11.4 Å². The number of ether oxygens (including phenoxy) is 1. The second-order valence-corrected chi connectivity index (χ2v) is 5.56. The topological polar surface area (TPSA) is 67.4 Å². The molecule has 0 bridgehead atoms. The molecular formula is C15H19ClN2O3. The van der Waals surface area contributed by atoms with E-state index in [9.17, 15) is 9.59 Å². The van der Waals surface area contributed by atoms with E-state index >= 15 is 0 Å². The van der Waals surface area contributed by atoms with Crippen LogP contribution in [-0.4, -0.2) is 32.1 Å². The molecule has 6 heteroatoms. The minimum Gasteiger partial charge on any atom is -0.465 e. The zero-order chi connectivity index (χ0) is 15.2. The summed E-state index contributed by atoms with van der Waals surface area (Å²) >= 11 is 5.92. The summed E-state index contributed by atoms with van der Waals surface area (Å²) in [6.07, 6.45) is 2.38. The Morgan fingerprint density at radius 1 is 1.48 bits per heavy atom. The SMILES string of the molecule is COC(=O)c1ccc(Cl)cc1NC(=O)CCC1CCNC1. The van der Waals surface area contributed by atoms with Crippen molar-refractivity contribution in [2.24, 2.45) is 5.92 Å². The molecule has 1 aliphatic rings. The van der Waals surface area contributed by atoms with Gasteiger partial charge < -0.3 is 15.4 Å². The van der Waals surface area contributed by atoms with Gasteiger partial charge in [-0.15, -0.1) is 0 Å². The molecule has 1 aromatic rings. The van der Waals surface area contributed by atoms with Gasteiger partial charge in [0.2, 0.25) is 5.91 Å². The van der Waals surface area contributed by atoms with Crippen molar-refractivity contribution in [2.45, 2.75) is 19.3 Å². The van der Waals surface area contributed by atoms with Crippen LogP contribution in [0.25, 0.3) is 0 Å². The van der Waals surface area contributed by atoms with Crippen molar-refractivity contribution in [1.82, 2.24) is 5.32 Å². The van der Waals surface area contributed by atoms with Crippen LogP contribution in [0.2, 0.25) is 5.02 Å². The Morgan fingerprint density at radius 2 is 2.29 bits per heavy atom. The van der Waals surface area contributed by atoms with Crippen molar-refractivity contribution in [3.63, 3.8) is 0 Å². The summed E-state index contributed by atoms with van der Waals surface area (Å²) in [5.74, 6) is -0.0635. The maximum Gasteiger partial charge on any atom is 0.339 e. The van der Waals surface area contributed by atoms with Crippen LogP contribution in [0.1, 0.15) is 29.6 Å². The van der Waals surface area contributed by atoms with Crippen molar-refractivity contribution >= 4 is 29.2 Å². The minimum absolute atomic E-state index is 0.116. The van der Waals surface area contributed by atoms with Gasteiger partial charge in [0.1, 0.15) is 0 Å². The molecule has 2 N–H and O–H groups in total. The van der Waals surface area contributed by atoms with Gasteiger partial charge in [0.15, 0.2) is 0 Å². The predicted octanol–water partition coefficient (Wildman–Crippen LogP) is 2.45. The Kier molecular flexibility index (Phi) is 5.59. The van der Waals surface area contributed by atoms with Crippen molar-refractivity contribution in [3.8, 4) is 0 Å². The lowest BCUT2D eigenvalue weighted by molar-refractivity contribution is -0.116. The van der Waals surface area contributed by atoms with E-state index in [1.807, 2.05) is 0 Å². The number of hydrogen-bond acceptors (Lipinski definition) is 4. The predicted molar refractivity (Wildman–Crippen MR) is 81.6 cm³/mol. The zero-order valence-electron chi connectivity index (χ0n) is 11.9. The second kappa shape index (κ2) is 7.43. The Labute approximate surface area is 129 Å². The van der Waals surface area contributed by atoms with Crippen molar-refractivity contribution in [1.29, 1.82) is 0 Å². The summed E-state index contributed by atoms with van der Waals surface area (Å²) in [5.41, 5.74) is 0.696. The molecule has 0 aromatic heterocycles. The van der Waals surface area contributed by atoms with Crippen LogP contribution in [0, 0.1) is 5.92 Å². The highest BCUT2D eigenvalue weighted by Crippen LogP contribution is 2.23. The molecule has 0 radical (unpaired) electrons. The van der Waals surface area contributed by atoms with E-state index < -0.39 is 5.97 Å². The van der Waals surface area contributed by atoms with E-state index in [0.29, 0.717) is 28.6 Å². The summed E-state index contributed by atoms with van der Waals surface area (Å²) in [7, 11) is 1.30. The lowest BCUT2D eigenvalue weighted by Crippen LogP contribution is -2.17. The highest BCUT2D eigenvalue weighted by molar-refractivity contribution is 6.31. The first-order valence-corrected chi connectivity index (χ1v) is 7.36. The van der Waals surface area contributed by atoms with E-state index in [4.69, 9.17) is 16.3 Å². The fraction of sp³-hybridized carbons (Fsp3) is 0.467. The number of carbonyl (C=O) groups is 2. The quantitative estimate of drug-likeness (QED) is 0.820. The number of halogens is 1. The van der Waals surface area contributed by atoms with E-state index in [2.05, 4.69) is 10.6 Å². The second-order valence-electron chi connectivity index (χ2n) is 5.13. The number of anilines is 1. The molecule has 0 saturated carbocycles. The number of nitrogens with one attached hydrogen (secondary N) is 2. The lowest BCUT2D eigenvalue weighted by atomic mass is 10.0. The van der Waals surface area contributed by atoms with Gasteiger partial charge in [0.25, 0.3) is 0 Å². The highest BCUT2D eigenvalue weighted by Gasteiger charge is 2.18. The molecule has 114 valence electrons. The van der Waals surface area contributed by atoms with Crippen molar-refractivity contribution in [3.05, 3.63) is 28.8 Å². The number of esters is 1. The molecule has 21 heavy (non-hydrogen) atoms. The molecular weight excluding hydrogens is 292 g/mol. The molecule has 1 atom stereocenters. The van der Waals surface area contributed by atoms with E-state index in [0.717, 1.165) is 25.9 Å². The fourth-order valence-electron chi connectivity index (χ4n) is 2.42. The molecule has 1 aromatic carbocycles. The third kappa shape index (κ3) is 4.44. The van der Waals surface area contributed by atoms with Crippen LogP contribution in [0.5, 0.6) is 0 Å². The molecule has 1 heterocycles. The number of rotatable bonds is 5. The fourth-order valence-corrected chi connectivity index (χ4v) is 2.59.